The van der Waals surface area contributed by atoms with Crippen LogP contribution < -0.4 is 10.1 Å². The summed E-state index contributed by atoms with van der Waals surface area (Å²) in [7, 11) is 3.48. The Labute approximate surface area is 120 Å². The van der Waals surface area contributed by atoms with Crippen LogP contribution in [-0.4, -0.2) is 14.2 Å². The van der Waals surface area contributed by atoms with Crippen molar-refractivity contribution in [2.45, 2.75) is 6.04 Å². The maximum atomic E-state index is 13.3. The van der Waals surface area contributed by atoms with Crippen LogP contribution in [0.4, 0.5) is 4.39 Å². The first-order valence-electron chi connectivity index (χ1n) is 5.92. The number of halogens is 2. The lowest BCUT2D eigenvalue weighted by Crippen LogP contribution is -2.17. The third-order valence-electron chi connectivity index (χ3n) is 2.98. The summed E-state index contributed by atoms with van der Waals surface area (Å²) in [6, 6.07) is 12.4. The maximum absolute atomic E-state index is 13.3. The third kappa shape index (κ3) is 3.14. The maximum Gasteiger partial charge on any atom is 0.133 e. The molecule has 0 radical (unpaired) electrons. The number of nitrogens with one attached hydrogen (secondary N) is 1. The molecule has 100 valence electrons. The van der Waals surface area contributed by atoms with E-state index in [1.165, 1.54) is 6.07 Å². The fraction of sp³-hybridized carbons (Fsp3) is 0.200. The summed E-state index contributed by atoms with van der Waals surface area (Å²) in [6.07, 6.45) is 0. The lowest BCUT2D eigenvalue weighted by atomic mass is 9.99. The van der Waals surface area contributed by atoms with Gasteiger partial charge in [-0.3, -0.25) is 0 Å². The monoisotopic (exact) mass is 323 g/mol. The molecular formula is C15H15BrFNO. The van der Waals surface area contributed by atoms with Gasteiger partial charge < -0.3 is 10.1 Å². The predicted molar refractivity (Wildman–Crippen MR) is 78.0 cm³/mol. The molecule has 0 heterocycles. The fourth-order valence-electron chi connectivity index (χ4n) is 2.07. The van der Waals surface area contributed by atoms with Gasteiger partial charge >= 0.3 is 0 Å². The van der Waals surface area contributed by atoms with Crippen LogP contribution in [0.3, 0.4) is 0 Å². The molecule has 4 heteroatoms. The summed E-state index contributed by atoms with van der Waals surface area (Å²) >= 11 is 3.46. The van der Waals surface area contributed by atoms with Crippen molar-refractivity contribution in [3.63, 3.8) is 0 Å². The Morgan fingerprint density at radius 2 is 1.89 bits per heavy atom. The summed E-state index contributed by atoms with van der Waals surface area (Å²) in [4.78, 5) is 0. The molecule has 0 aliphatic rings. The number of ether oxygens (including phenoxy) is 1. The van der Waals surface area contributed by atoms with E-state index in [4.69, 9.17) is 4.74 Å². The second-order valence-electron chi connectivity index (χ2n) is 4.17. The van der Waals surface area contributed by atoms with E-state index in [0.717, 1.165) is 21.3 Å². The van der Waals surface area contributed by atoms with Crippen molar-refractivity contribution in [1.29, 1.82) is 0 Å². The molecular weight excluding hydrogens is 309 g/mol. The van der Waals surface area contributed by atoms with Crippen LogP contribution >= 0.6 is 15.9 Å². The molecule has 0 spiro atoms. The Hall–Kier alpha value is -1.39. The summed E-state index contributed by atoms with van der Waals surface area (Å²) in [5, 5.41) is 3.20. The first-order chi connectivity index (χ1) is 9.15. The lowest BCUT2D eigenvalue weighted by molar-refractivity contribution is 0.412. The Morgan fingerprint density at radius 3 is 2.47 bits per heavy atom. The minimum Gasteiger partial charge on any atom is -0.496 e. The van der Waals surface area contributed by atoms with Gasteiger partial charge in [0.2, 0.25) is 0 Å². The van der Waals surface area contributed by atoms with Crippen LogP contribution in [0.25, 0.3) is 0 Å². The smallest absolute Gasteiger partial charge is 0.133 e. The minimum atomic E-state index is -0.231. The second kappa shape index (κ2) is 6.17. The van der Waals surface area contributed by atoms with Crippen LogP contribution in [0.1, 0.15) is 17.2 Å². The zero-order valence-electron chi connectivity index (χ0n) is 10.8. The number of hydrogen-bond acceptors (Lipinski definition) is 2. The molecule has 0 bridgehead atoms. The van der Waals surface area contributed by atoms with E-state index >= 15 is 0 Å². The van der Waals surface area contributed by atoms with Crippen molar-refractivity contribution in [3.05, 3.63) is 63.9 Å². The molecule has 0 saturated heterocycles. The summed E-state index contributed by atoms with van der Waals surface area (Å²) in [5.41, 5.74) is 1.93. The predicted octanol–water partition coefficient (Wildman–Crippen LogP) is 3.91. The zero-order chi connectivity index (χ0) is 13.8. The molecule has 2 rings (SSSR count). The van der Waals surface area contributed by atoms with Crippen molar-refractivity contribution in [2.24, 2.45) is 0 Å². The highest BCUT2D eigenvalue weighted by Gasteiger charge is 2.14. The van der Waals surface area contributed by atoms with E-state index in [1.54, 1.807) is 19.2 Å². The van der Waals surface area contributed by atoms with Gasteiger partial charge in [0.1, 0.15) is 11.6 Å². The Kier molecular flexibility index (Phi) is 4.56. The van der Waals surface area contributed by atoms with E-state index in [9.17, 15) is 4.39 Å². The van der Waals surface area contributed by atoms with Crippen LogP contribution in [0, 0.1) is 5.82 Å². The number of hydrogen-bond donors (Lipinski definition) is 1. The van der Waals surface area contributed by atoms with Gasteiger partial charge in [-0.2, -0.15) is 0 Å². The minimum absolute atomic E-state index is 0.0575. The van der Waals surface area contributed by atoms with Gasteiger partial charge in [-0.1, -0.05) is 18.2 Å². The molecule has 1 unspecified atom stereocenters. The summed E-state index contributed by atoms with van der Waals surface area (Å²) < 4.78 is 19.4. The van der Waals surface area contributed by atoms with Crippen molar-refractivity contribution < 1.29 is 9.13 Å². The number of methoxy groups -OCH3 is 1. The normalized spacial score (nSPS) is 12.2. The number of rotatable bonds is 4. The molecule has 0 amide bonds. The quantitative estimate of drug-likeness (QED) is 0.921. The van der Waals surface area contributed by atoms with Gasteiger partial charge in [-0.25, -0.2) is 4.39 Å². The van der Waals surface area contributed by atoms with Crippen molar-refractivity contribution in [1.82, 2.24) is 5.32 Å². The van der Waals surface area contributed by atoms with Gasteiger partial charge in [0.15, 0.2) is 0 Å². The molecule has 0 fully saturated rings. The molecule has 0 aliphatic carbocycles. The van der Waals surface area contributed by atoms with Crippen molar-refractivity contribution in [2.75, 3.05) is 14.2 Å². The van der Waals surface area contributed by atoms with E-state index < -0.39 is 0 Å². The topological polar surface area (TPSA) is 21.3 Å². The van der Waals surface area contributed by atoms with Crippen molar-refractivity contribution >= 4 is 15.9 Å². The van der Waals surface area contributed by atoms with E-state index in [2.05, 4.69) is 21.2 Å². The Morgan fingerprint density at radius 1 is 1.16 bits per heavy atom. The summed E-state index contributed by atoms with van der Waals surface area (Å²) in [6.45, 7) is 0. The Bertz CT molecular complexity index is 574. The molecule has 2 aromatic carbocycles. The molecule has 0 aliphatic heterocycles. The number of benzene rings is 2. The van der Waals surface area contributed by atoms with Gasteiger partial charge in [-0.15, -0.1) is 0 Å². The average molecular weight is 324 g/mol. The summed E-state index contributed by atoms with van der Waals surface area (Å²) in [5.74, 6) is 0.545. The molecule has 2 nitrogen and oxygen atoms in total. The highest BCUT2D eigenvalue weighted by atomic mass is 79.9. The van der Waals surface area contributed by atoms with Crippen molar-refractivity contribution in [3.8, 4) is 5.75 Å². The van der Waals surface area contributed by atoms with E-state index in [-0.39, 0.29) is 11.9 Å². The first kappa shape index (κ1) is 14.0. The van der Waals surface area contributed by atoms with E-state index in [0.29, 0.717) is 0 Å². The van der Waals surface area contributed by atoms with Gasteiger partial charge in [-0.05, 0) is 58.4 Å². The highest BCUT2D eigenvalue weighted by molar-refractivity contribution is 9.10. The van der Waals surface area contributed by atoms with Crippen LogP contribution in [0.5, 0.6) is 5.75 Å². The van der Waals surface area contributed by atoms with E-state index in [1.807, 2.05) is 31.3 Å². The highest BCUT2D eigenvalue weighted by Crippen LogP contribution is 2.30. The molecule has 19 heavy (non-hydrogen) atoms. The van der Waals surface area contributed by atoms with Gasteiger partial charge in [0.05, 0.1) is 17.6 Å². The van der Waals surface area contributed by atoms with Gasteiger partial charge in [0, 0.05) is 0 Å². The second-order valence-corrected chi connectivity index (χ2v) is 5.03. The molecule has 1 atom stereocenters. The Balaban J connectivity index is 2.39. The van der Waals surface area contributed by atoms with Crippen LogP contribution in [-0.2, 0) is 0 Å². The zero-order valence-corrected chi connectivity index (χ0v) is 12.4. The molecule has 0 saturated carbocycles. The average Bonchev–Trinajstić information content (AvgIpc) is 2.40. The third-order valence-corrected chi connectivity index (χ3v) is 3.60. The molecule has 0 aromatic heterocycles. The van der Waals surface area contributed by atoms with Crippen LogP contribution in [0.2, 0.25) is 0 Å². The first-order valence-corrected chi connectivity index (χ1v) is 6.71. The SMILES string of the molecule is CNC(c1cccc(F)c1)c1ccc(OC)c(Br)c1. The van der Waals surface area contributed by atoms with Gasteiger partial charge in [0.25, 0.3) is 0 Å². The largest absolute Gasteiger partial charge is 0.496 e. The molecule has 2 aromatic rings. The molecule has 1 N–H and O–H groups in total. The lowest BCUT2D eigenvalue weighted by Gasteiger charge is -2.18. The standard InChI is InChI=1S/C15H15BrFNO/c1-18-15(10-4-3-5-12(17)8-10)11-6-7-14(19-2)13(16)9-11/h3-9,15,18H,1-2H3. The van der Waals surface area contributed by atoms with Crippen LogP contribution in [0.15, 0.2) is 46.9 Å². The fourth-order valence-corrected chi connectivity index (χ4v) is 2.63.